The number of aliphatic imine (C=N–C) groups is 1. The molecular formula is C19H31N3OS. The van der Waals surface area contributed by atoms with Crippen LogP contribution in [-0.4, -0.2) is 47.5 Å². The van der Waals surface area contributed by atoms with Crippen LogP contribution in [0.5, 0.6) is 0 Å². The minimum absolute atomic E-state index is 0.386. The molecule has 0 spiro atoms. The summed E-state index contributed by atoms with van der Waals surface area (Å²) in [7, 11) is 0.874. The minimum Gasteiger partial charge on any atom is -0.355 e. The Balaban J connectivity index is 1.85. The summed E-state index contributed by atoms with van der Waals surface area (Å²) in [5.41, 5.74) is 0.386. The average molecular weight is 350 g/mol. The molecular weight excluding hydrogens is 318 g/mol. The van der Waals surface area contributed by atoms with E-state index in [4.69, 9.17) is 0 Å². The SMILES string of the molecule is CCCC1(C)CCCN(C(=NC)NCCS(=O)c2ccccc2)C1. The van der Waals surface area contributed by atoms with Crippen LogP contribution in [0.2, 0.25) is 0 Å². The van der Waals surface area contributed by atoms with Crippen molar-refractivity contribution in [3.8, 4) is 0 Å². The van der Waals surface area contributed by atoms with E-state index in [1.165, 1.54) is 25.7 Å². The van der Waals surface area contributed by atoms with Gasteiger partial charge in [0.1, 0.15) is 0 Å². The van der Waals surface area contributed by atoms with Crippen molar-refractivity contribution in [1.82, 2.24) is 10.2 Å². The maximum atomic E-state index is 12.3. The Morgan fingerprint density at radius 1 is 1.38 bits per heavy atom. The van der Waals surface area contributed by atoms with Gasteiger partial charge in [-0.3, -0.25) is 9.20 Å². The maximum absolute atomic E-state index is 12.3. The molecule has 0 aromatic heterocycles. The molecule has 1 aromatic carbocycles. The van der Waals surface area contributed by atoms with Crippen molar-refractivity contribution >= 4 is 16.8 Å². The molecule has 0 saturated carbocycles. The van der Waals surface area contributed by atoms with Crippen molar-refractivity contribution in [2.45, 2.75) is 44.4 Å². The van der Waals surface area contributed by atoms with Gasteiger partial charge in [-0.15, -0.1) is 0 Å². The van der Waals surface area contributed by atoms with Crippen LogP contribution in [0.1, 0.15) is 39.5 Å². The molecule has 1 heterocycles. The molecule has 2 rings (SSSR count). The second-order valence-corrected chi connectivity index (χ2v) is 8.49. The molecule has 2 unspecified atom stereocenters. The predicted molar refractivity (Wildman–Crippen MR) is 103 cm³/mol. The standard InChI is InChI=1S/C19H31N3OS/c1-4-11-19(2)12-8-14-22(16-19)18(20-3)21-13-15-24(23)17-9-6-5-7-10-17/h5-7,9-10H,4,8,11-16H2,1-3H3,(H,20,21). The minimum atomic E-state index is -0.961. The lowest BCUT2D eigenvalue weighted by atomic mass is 9.78. The summed E-state index contributed by atoms with van der Waals surface area (Å²) in [5.74, 6) is 1.55. The highest BCUT2D eigenvalue weighted by Crippen LogP contribution is 2.33. The molecule has 134 valence electrons. The van der Waals surface area contributed by atoms with E-state index in [-0.39, 0.29) is 0 Å². The summed E-state index contributed by atoms with van der Waals surface area (Å²) < 4.78 is 12.3. The third-order valence-electron chi connectivity index (χ3n) is 4.72. The van der Waals surface area contributed by atoms with Crippen LogP contribution >= 0.6 is 0 Å². The summed E-state index contributed by atoms with van der Waals surface area (Å²) in [6.45, 7) is 7.44. The molecule has 1 aliphatic rings. The average Bonchev–Trinajstić information content (AvgIpc) is 2.59. The first-order valence-electron chi connectivity index (χ1n) is 8.97. The molecule has 1 N–H and O–H groups in total. The van der Waals surface area contributed by atoms with Crippen LogP contribution in [0, 0.1) is 5.41 Å². The number of nitrogens with one attached hydrogen (secondary N) is 1. The van der Waals surface area contributed by atoms with Gasteiger partial charge < -0.3 is 10.2 Å². The molecule has 1 saturated heterocycles. The fourth-order valence-electron chi connectivity index (χ4n) is 3.58. The molecule has 0 aliphatic carbocycles. The van der Waals surface area contributed by atoms with Crippen LogP contribution in [0.15, 0.2) is 40.2 Å². The van der Waals surface area contributed by atoms with Gasteiger partial charge in [0.2, 0.25) is 0 Å². The van der Waals surface area contributed by atoms with Gasteiger partial charge in [0.15, 0.2) is 5.96 Å². The van der Waals surface area contributed by atoms with Crippen LogP contribution in [-0.2, 0) is 10.8 Å². The van der Waals surface area contributed by atoms with Crippen LogP contribution in [0.25, 0.3) is 0 Å². The van der Waals surface area contributed by atoms with E-state index < -0.39 is 10.8 Å². The first kappa shape index (κ1) is 19.0. The van der Waals surface area contributed by atoms with E-state index in [1.807, 2.05) is 37.4 Å². The molecule has 24 heavy (non-hydrogen) atoms. The normalized spacial score (nSPS) is 23.1. The Labute approximate surface area is 149 Å². The Morgan fingerprint density at radius 3 is 2.79 bits per heavy atom. The topological polar surface area (TPSA) is 44.7 Å². The number of likely N-dealkylation sites (tertiary alicyclic amines) is 1. The summed E-state index contributed by atoms with van der Waals surface area (Å²) >= 11 is 0. The van der Waals surface area contributed by atoms with Gasteiger partial charge in [0, 0.05) is 37.3 Å². The molecule has 0 amide bonds. The highest BCUT2D eigenvalue weighted by atomic mass is 32.2. The molecule has 5 heteroatoms. The number of guanidine groups is 1. The Hall–Kier alpha value is -1.36. The third kappa shape index (κ3) is 5.33. The first-order chi connectivity index (χ1) is 11.6. The number of benzene rings is 1. The van der Waals surface area contributed by atoms with Crippen LogP contribution in [0.3, 0.4) is 0 Å². The number of piperidine rings is 1. The lowest BCUT2D eigenvalue weighted by Gasteiger charge is -2.42. The van der Waals surface area contributed by atoms with Crippen molar-refractivity contribution < 1.29 is 4.21 Å². The number of hydrogen-bond acceptors (Lipinski definition) is 2. The fraction of sp³-hybridized carbons (Fsp3) is 0.632. The van der Waals surface area contributed by atoms with E-state index in [1.54, 1.807) is 0 Å². The molecule has 1 aliphatic heterocycles. The smallest absolute Gasteiger partial charge is 0.193 e. The van der Waals surface area contributed by atoms with Crippen LogP contribution < -0.4 is 5.32 Å². The second-order valence-electron chi connectivity index (χ2n) is 6.92. The third-order valence-corrected chi connectivity index (χ3v) is 6.10. The molecule has 1 fully saturated rings. The lowest BCUT2D eigenvalue weighted by molar-refractivity contribution is 0.143. The molecule has 2 atom stereocenters. The van der Waals surface area contributed by atoms with Gasteiger partial charge in [0.05, 0.1) is 10.8 Å². The lowest BCUT2D eigenvalue weighted by Crippen LogP contribution is -2.50. The highest BCUT2D eigenvalue weighted by molar-refractivity contribution is 7.85. The van der Waals surface area contributed by atoms with Gasteiger partial charge in [-0.25, -0.2) is 0 Å². The number of nitrogens with zero attached hydrogens (tertiary/aromatic N) is 2. The summed E-state index contributed by atoms with van der Waals surface area (Å²) in [6, 6.07) is 9.66. The number of hydrogen-bond donors (Lipinski definition) is 1. The monoisotopic (exact) mass is 349 g/mol. The summed E-state index contributed by atoms with van der Waals surface area (Å²) in [4.78, 5) is 7.70. The van der Waals surface area contributed by atoms with Gasteiger partial charge in [-0.1, -0.05) is 38.5 Å². The zero-order valence-corrected chi connectivity index (χ0v) is 16.1. The zero-order chi connectivity index (χ0) is 17.4. The Bertz CT molecular complexity index is 557. The van der Waals surface area contributed by atoms with Crippen LogP contribution in [0.4, 0.5) is 0 Å². The maximum Gasteiger partial charge on any atom is 0.193 e. The van der Waals surface area contributed by atoms with Gasteiger partial charge in [-0.05, 0) is 36.8 Å². The first-order valence-corrected chi connectivity index (χ1v) is 10.3. The van der Waals surface area contributed by atoms with Crippen molar-refractivity contribution in [1.29, 1.82) is 0 Å². The second kappa shape index (κ2) is 9.21. The molecule has 0 bridgehead atoms. The summed E-state index contributed by atoms with van der Waals surface area (Å²) in [6.07, 6.45) is 5.00. The van der Waals surface area contributed by atoms with Gasteiger partial charge in [0.25, 0.3) is 0 Å². The molecule has 0 radical (unpaired) electrons. The van der Waals surface area contributed by atoms with Crippen molar-refractivity contribution in [3.63, 3.8) is 0 Å². The highest BCUT2D eigenvalue weighted by Gasteiger charge is 2.31. The van der Waals surface area contributed by atoms with Gasteiger partial charge >= 0.3 is 0 Å². The Morgan fingerprint density at radius 2 is 2.12 bits per heavy atom. The number of rotatable bonds is 6. The quantitative estimate of drug-likeness (QED) is 0.633. The fourth-order valence-corrected chi connectivity index (χ4v) is 4.57. The zero-order valence-electron chi connectivity index (χ0n) is 15.3. The van der Waals surface area contributed by atoms with Crippen molar-refractivity contribution in [2.75, 3.05) is 32.4 Å². The molecule has 4 nitrogen and oxygen atoms in total. The molecule has 1 aromatic rings. The van der Waals surface area contributed by atoms with Crippen molar-refractivity contribution in [2.24, 2.45) is 10.4 Å². The van der Waals surface area contributed by atoms with E-state index in [2.05, 4.69) is 29.1 Å². The van der Waals surface area contributed by atoms with E-state index in [9.17, 15) is 4.21 Å². The summed E-state index contributed by atoms with van der Waals surface area (Å²) in [5, 5.41) is 3.40. The Kier molecular flexibility index (Phi) is 7.28. The van der Waals surface area contributed by atoms with Crippen molar-refractivity contribution in [3.05, 3.63) is 30.3 Å². The van der Waals surface area contributed by atoms with E-state index >= 15 is 0 Å². The van der Waals surface area contributed by atoms with E-state index in [0.29, 0.717) is 17.7 Å². The van der Waals surface area contributed by atoms with Gasteiger partial charge in [-0.2, -0.15) is 0 Å². The van der Waals surface area contributed by atoms with E-state index in [0.717, 1.165) is 23.9 Å². The predicted octanol–water partition coefficient (Wildman–Crippen LogP) is 3.27. The largest absolute Gasteiger partial charge is 0.355 e.